The number of thiazole rings is 1. The Labute approximate surface area is 338 Å². The number of imidazole rings is 1. The third kappa shape index (κ3) is 7.17. The Bertz CT molecular complexity index is 2940. The van der Waals surface area contributed by atoms with Crippen LogP contribution in [0.2, 0.25) is 0 Å². The van der Waals surface area contributed by atoms with Gasteiger partial charge in [-0.3, -0.25) is 18.9 Å². The van der Waals surface area contributed by atoms with E-state index in [1.165, 1.54) is 16.0 Å². The number of hydrogen-bond donors (Lipinski definition) is 4. The lowest BCUT2D eigenvalue weighted by molar-refractivity contribution is -0.142. The maximum Gasteiger partial charge on any atom is 0.435 e. The van der Waals surface area contributed by atoms with Gasteiger partial charge in [0, 0.05) is 53.5 Å². The predicted octanol–water partition coefficient (Wildman–Crippen LogP) is 6.75. The van der Waals surface area contributed by atoms with E-state index in [0.717, 1.165) is 18.4 Å². The van der Waals surface area contributed by atoms with Crippen molar-refractivity contribution < 1.29 is 43.9 Å². The van der Waals surface area contributed by atoms with Gasteiger partial charge in [-0.1, -0.05) is 23.5 Å². The van der Waals surface area contributed by atoms with E-state index in [4.69, 9.17) is 4.98 Å². The van der Waals surface area contributed by atoms with Crippen molar-refractivity contribution in [2.24, 2.45) is 13.0 Å². The van der Waals surface area contributed by atoms with E-state index in [1.807, 2.05) is 0 Å². The second kappa shape index (κ2) is 14.0. The van der Waals surface area contributed by atoms with Crippen LogP contribution in [-0.4, -0.2) is 60.1 Å². The number of aromatic amines is 1. The van der Waals surface area contributed by atoms with Gasteiger partial charge in [0.1, 0.15) is 29.7 Å². The first-order valence-corrected chi connectivity index (χ1v) is 20.8. The molecule has 9 rings (SSSR count). The first kappa shape index (κ1) is 39.4. The van der Waals surface area contributed by atoms with Crippen molar-refractivity contribution in [3.63, 3.8) is 0 Å². The van der Waals surface area contributed by atoms with E-state index >= 15 is 8.78 Å². The molecule has 1 fully saturated rings. The fraction of sp³-hybridized carbons (Fsp3) is 0.297. The fourth-order valence-electron chi connectivity index (χ4n) is 7.94. The van der Waals surface area contributed by atoms with Crippen LogP contribution in [0.5, 0.6) is 0 Å². The van der Waals surface area contributed by atoms with E-state index in [2.05, 4.69) is 40.5 Å². The summed E-state index contributed by atoms with van der Waals surface area (Å²) < 4.78 is 132. The summed E-state index contributed by atoms with van der Waals surface area (Å²) in [6, 6.07) is 7.98. The van der Waals surface area contributed by atoms with Crippen LogP contribution >= 0.6 is 11.3 Å². The second-order valence-corrected chi connectivity index (χ2v) is 17.4. The highest BCUT2D eigenvalue weighted by atomic mass is 32.2. The van der Waals surface area contributed by atoms with Gasteiger partial charge in [0.15, 0.2) is 22.3 Å². The normalized spacial score (nSPS) is 17.5. The van der Waals surface area contributed by atoms with Crippen molar-refractivity contribution >= 4 is 59.5 Å². The number of benzene rings is 2. The largest absolute Gasteiger partial charge is 0.435 e. The number of carbonyl (C=O) groups is 1. The Balaban J connectivity index is 1.18. The molecule has 4 N–H and O–H groups in total. The molecule has 0 bridgehead atoms. The first-order valence-electron chi connectivity index (χ1n) is 18.1. The molecule has 60 heavy (non-hydrogen) atoms. The summed E-state index contributed by atoms with van der Waals surface area (Å²) in [6.07, 6.45) is -1.38. The zero-order valence-corrected chi connectivity index (χ0v) is 32.7. The quantitative estimate of drug-likeness (QED) is 0.0968. The molecule has 1 unspecified atom stereocenters. The smallest absolute Gasteiger partial charge is 0.354 e. The summed E-state index contributed by atoms with van der Waals surface area (Å²) >= 11 is 1.21. The lowest BCUT2D eigenvalue weighted by Gasteiger charge is -2.23. The number of fused-ring (bicyclic) bond motifs is 5. The van der Waals surface area contributed by atoms with Gasteiger partial charge in [0.2, 0.25) is 15.9 Å². The van der Waals surface area contributed by atoms with Crippen LogP contribution in [0.25, 0.3) is 32.4 Å². The molecule has 14 nitrogen and oxygen atoms in total. The summed E-state index contributed by atoms with van der Waals surface area (Å²) in [4.78, 5) is 30.6. The monoisotopic (exact) mass is 873 g/mol. The Hall–Kier alpha value is -6.10. The highest BCUT2D eigenvalue weighted by Crippen LogP contribution is 2.68. The standard InChI is InChI=1S/C37H30F7N11O3S2/c1-54-30-19(4-3-5-20(30)33(52-54)53-60(2,57)58)21-13-25-34(50-35(59-25)47-14-26-45-6-7-46-26)49-29(21)24(10-16-8-17(38)11-18(39)9-16)48-27(56)15-55-32-28(31(51-55)37(42,43)44)22-12-23(22)36(32,40)41/h3-9,11,13,22-24H,10,12,14-15H2,1-2H3,(H,45,46)(H,48,56)(H,52,53)(H,47,49,50)/t22?,23-,24+/m1/s1. The number of H-pyrrole nitrogens is 1. The summed E-state index contributed by atoms with van der Waals surface area (Å²) in [6.45, 7) is -0.803. The summed E-state index contributed by atoms with van der Waals surface area (Å²) in [7, 11) is -2.22. The number of anilines is 2. The third-order valence-corrected chi connectivity index (χ3v) is 11.8. The lowest BCUT2D eigenvalue weighted by atomic mass is 9.94. The molecule has 5 heterocycles. The average Bonchev–Trinajstić information content (AvgIpc) is 3.53. The van der Waals surface area contributed by atoms with E-state index in [1.54, 1.807) is 43.7 Å². The Kier molecular flexibility index (Phi) is 9.18. The summed E-state index contributed by atoms with van der Waals surface area (Å²) in [5.41, 5.74) is -1.69. The molecule has 23 heteroatoms. The molecule has 1 saturated carbocycles. The third-order valence-electron chi connectivity index (χ3n) is 10.3. The lowest BCUT2D eigenvalue weighted by Crippen LogP contribution is -2.35. The van der Waals surface area contributed by atoms with Gasteiger partial charge in [-0.25, -0.2) is 32.2 Å². The molecule has 0 radical (unpaired) electrons. The van der Waals surface area contributed by atoms with Crippen molar-refractivity contribution in [2.45, 2.75) is 50.0 Å². The second-order valence-electron chi connectivity index (χ2n) is 14.6. The summed E-state index contributed by atoms with van der Waals surface area (Å²) in [5, 5.41) is 14.5. The van der Waals surface area contributed by atoms with Gasteiger partial charge in [0.05, 0.1) is 34.8 Å². The minimum Gasteiger partial charge on any atom is -0.354 e. The van der Waals surface area contributed by atoms with Gasteiger partial charge >= 0.3 is 6.18 Å². The van der Waals surface area contributed by atoms with Gasteiger partial charge in [-0.15, -0.1) is 0 Å². The number of nitrogens with one attached hydrogen (secondary N) is 4. The van der Waals surface area contributed by atoms with Gasteiger partial charge in [0.25, 0.3) is 5.92 Å². The van der Waals surface area contributed by atoms with Gasteiger partial charge < -0.3 is 15.6 Å². The number of aryl methyl sites for hydroxylation is 1. The highest BCUT2D eigenvalue weighted by molar-refractivity contribution is 7.92. The van der Waals surface area contributed by atoms with Crippen molar-refractivity contribution in [3.05, 3.63) is 101 Å². The molecule has 2 aliphatic rings. The molecule has 5 aromatic heterocycles. The number of aromatic nitrogens is 8. The van der Waals surface area contributed by atoms with E-state index in [0.29, 0.717) is 48.4 Å². The maximum atomic E-state index is 15.5. The molecular weight excluding hydrogens is 844 g/mol. The predicted molar refractivity (Wildman–Crippen MR) is 204 cm³/mol. The van der Waals surface area contributed by atoms with Crippen LogP contribution in [-0.2, 0) is 53.5 Å². The fourth-order valence-corrected chi connectivity index (χ4v) is 9.29. The van der Waals surface area contributed by atoms with E-state index < -0.39 is 81.0 Å². The zero-order chi connectivity index (χ0) is 42.5. The van der Waals surface area contributed by atoms with Crippen LogP contribution in [0.15, 0.2) is 54.9 Å². The van der Waals surface area contributed by atoms with Crippen LogP contribution in [0.3, 0.4) is 0 Å². The molecule has 0 spiro atoms. The topological polar surface area (TPSA) is 177 Å². The highest BCUT2D eigenvalue weighted by Gasteiger charge is 2.68. The van der Waals surface area contributed by atoms with Gasteiger partial charge in [-0.2, -0.15) is 32.1 Å². The van der Waals surface area contributed by atoms with Crippen molar-refractivity contribution in [1.82, 2.24) is 44.8 Å². The van der Waals surface area contributed by atoms with E-state index in [-0.39, 0.29) is 42.1 Å². The number of alkyl halides is 5. The minimum absolute atomic E-state index is 0.00847. The maximum absolute atomic E-state index is 15.5. The SMILES string of the molecule is Cn1nc(NS(C)(=O)=O)c2cccc(-c3cc4sc(NCc5ncc[nH]5)nc4nc3[C@H](Cc3cc(F)cc(F)c3)NC(=O)Cn3nc(C(F)(F)F)c4c3C(F)(F)[C@@H]3CC43)c21. The summed E-state index contributed by atoms with van der Waals surface area (Å²) in [5.74, 6) is -8.38. The number of pyridine rings is 1. The zero-order valence-electron chi connectivity index (χ0n) is 31.1. The van der Waals surface area contributed by atoms with Crippen LogP contribution in [0.1, 0.15) is 52.4 Å². The molecule has 2 aliphatic carbocycles. The van der Waals surface area contributed by atoms with Crippen LogP contribution in [0, 0.1) is 17.6 Å². The number of amides is 1. The van der Waals surface area contributed by atoms with Crippen molar-refractivity contribution in [2.75, 3.05) is 16.3 Å². The first-order chi connectivity index (χ1) is 28.3. The van der Waals surface area contributed by atoms with E-state index in [9.17, 15) is 35.2 Å². The number of carbonyl (C=O) groups excluding carboxylic acids is 1. The minimum atomic E-state index is -5.07. The Morgan fingerprint density at radius 1 is 1.08 bits per heavy atom. The molecule has 0 aliphatic heterocycles. The molecule has 0 saturated heterocycles. The molecule has 312 valence electrons. The number of nitrogens with zero attached hydrogens (tertiary/aromatic N) is 7. The molecule has 2 aromatic carbocycles. The molecule has 3 atom stereocenters. The van der Waals surface area contributed by atoms with Crippen molar-refractivity contribution in [1.29, 1.82) is 0 Å². The van der Waals surface area contributed by atoms with Crippen molar-refractivity contribution in [3.8, 4) is 11.1 Å². The number of para-hydroxylation sites is 1. The average molecular weight is 874 g/mol. The van der Waals surface area contributed by atoms with Crippen LogP contribution < -0.4 is 15.4 Å². The number of sulfonamides is 1. The molecular formula is C37H30F7N11O3S2. The Morgan fingerprint density at radius 2 is 1.85 bits per heavy atom. The molecule has 1 amide bonds. The number of rotatable bonds is 12. The van der Waals surface area contributed by atoms with Gasteiger partial charge in [-0.05, 0) is 48.6 Å². The molecule has 7 aromatic rings. The Morgan fingerprint density at radius 3 is 2.55 bits per heavy atom. The number of halogens is 7. The number of hydrogen-bond acceptors (Lipinski definition) is 10. The van der Waals surface area contributed by atoms with Crippen LogP contribution in [0.4, 0.5) is 41.7 Å².